The lowest BCUT2D eigenvalue weighted by atomic mass is 10.1. The molecular formula is C23H16BrClN2O5S. The molecule has 0 aliphatic carbocycles. The van der Waals surface area contributed by atoms with Crippen LogP contribution in [0.25, 0.3) is 28.9 Å². The van der Waals surface area contributed by atoms with Gasteiger partial charge in [-0.05, 0) is 66.7 Å². The van der Waals surface area contributed by atoms with Gasteiger partial charge in [0.2, 0.25) is 0 Å². The topological polar surface area (TPSA) is 98.6 Å². The number of methoxy groups -OCH3 is 1. The smallest absolute Gasteiger partial charge is 0.342 e. The number of aryl methyl sites for hydroxylation is 1. The first-order chi connectivity index (χ1) is 15.8. The van der Waals surface area contributed by atoms with Gasteiger partial charge in [-0.1, -0.05) is 33.6 Å². The third-order valence-corrected chi connectivity index (χ3v) is 6.24. The zero-order chi connectivity index (χ0) is 23.5. The van der Waals surface area contributed by atoms with E-state index in [4.69, 9.17) is 25.2 Å². The Balaban J connectivity index is 1.59. The van der Waals surface area contributed by atoms with E-state index in [9.17, 15) is 9.90 Å². The lowest BCUT2D eigenvalue weighted by molar-refractivity contribution is -0.131. The van der Waals surface area contributed by atoms with Gasteiger partial charge in [0.25, 0.3) is 11.1 Å². The summed E-state index contributed by atoms with van der Waals surface area (Å²) in [7, 11) is 1.51. The standard InChI is InChI=1S/C23H16BrClN2O5S/c1-12-3-6-15(17(24)9-12)19-8-5-14(31-19)11-20(22(28)29)33-23-27-26-21(32-23)16-10-13(25)4-7-18(16)30-2/h3-11H,1-2H3,(H,28,29)/b20-11-. The van der Waals surface area contributed by atoms with E-state index >= 15 is 0 Å². The summed E-state index contributed by atoms with van der Waals surface area (Å²) in [4.78, 5) is 11.8. The molecule has 2 heterocycles. The quantitative estimate of drug-likeness (QED) is 0.196. The number of carbonyl (C=O) groups is 1. The predicted octanol–water partition coefficient (Wildman–Crippen LogP) is 6.95. The van der Waals surface area contributed by atoms with Gasteiger partial charge in [-0.3, -0.25) is 0 Å². The minimum atomic E-state index is -1.16. The van der Waals surface area contributed by atoms with Crippen molar-refractivity contribution in [2.45, 2.75) is 12.1 Å². The molecule has 0 atom stereocenters. The number of hydrogen-bond acceptors (Lipinski definition) is 7. The van der Waals surface area contributed by atoms with Crippen molar-refractivity contribution in [1.29, 1.82) is 0 Å². The van der Waals surface area contributed by atoms with E-state index in [1.807, 2.05) is 25.1 Å². The Morgan fingerprint density at radius 1 is 1.12 bits per heavy atom. The van der Waals surface area contributed by atoms with Gasteiger partial charge >= 0.3 is 5.97 Å². The fourth-order valence-electron chi connectivity index (χ4n) is 2.96. The molecule has 4 aromatic rings. The van der Waals surface area contributed by atoms with Crippen LogP contribution in [0.1, 0.15) is 11.3 Å². The van der Waals surface area contributed by atoms with Crippen LogP contribution < -0.4 is 4.74 Å². The van der Waals surface area contributed by atoms with Crippen LogP contribution in [0.2, 0.25) is 5.02 Å². The summed E-state index contributed by atoms with van der Waals surface area (Å²) in [5.41, 5.74) is 2.47. The van der Waals surface area contributed by atoms with Crippen LogP contribution in [0.4, 0.5) is 0 Å². The average molecular weight is 548 g/mol. The fraction of sp³-hybridized carbons (Fsp3) is 0.0870. The van der Waals surface area contributed by atoms with E-state index in [-0.39, 0.29) is 16.0 Å². The molecule has 0 radical (unpaired) electrons. The molecule has 0 aliphatic rings. The van der Waals surface area contributed by atoms with Crippen LogP contribution in [-0.2, 0) is 4.79 Å². The van der Waals surface area contributed by atoms with E-state index < -0.39 is 5.97 Å². The number of halogens is 2. The number of ether oxygens (including phenoxy) is 1. The predicted molar refractivity (Wildman–Crippen MR) is 129 cm³/mol. The van der Waals surface area contributed by atoms with Crippen LogP contribution in [0.3, 0.4) is 0 Å². The van der Waals surface area contributed by atoms with Crippen molar-refractivity contribution in [2.75, 3.05) is 7.11 Å². The lowest BCUT2D eigenvalue weighted by Crippen LogP contribution is -1.96. The lowest BCUT2D eigenvalue weighted by Gasteiger charge is -2.04. The van der Waals surface area contributed by atoms with Crippen molar-refractivity contribution in [2.24, 2.45) is 0 Å². The number of hydrogen-bond donors (Lipinski definition) is 1. The summed E-state index contributed by atoms with van der Waals surface area (Å²) < 4.78 is 17.7. The first-order valence-corrected chi connectivity index (χ1v) is 11.5. The van der Waals surface area contributed by atoms with Crippen molar-refractivity contribution in [3.05, 3.63) is 74.3 Å². The molecule has 7 nitrogen and oxygen atoms in total. The summed E-state index contributed by atoms with van der Waals surface area (Å²) in [5, 5.41) is 18.1. The van der Waals surface area contributed by atoms with Crippen LogP contribution in [0, 0.1) is 6.92 Å². The second-order valence-corrected chi connectivity index (χ2v) is 9.10. The number of benzene rings is 2. The van der Waals surface area contributed by atoms with E-state index in [2.05, 4.69) is 26.1 Å². The summed E-state index contributed by atoms with van der Waals surface area (Å²) >= 11 is 10.4. The highest BCUT2D eigenvalue weighted by molar-refractivity contribution is 9.10. The highest BCUT2D eigenvalue weighted by Crippen LogP contribution is 2.36. The molecule has 0 spiro atoms. The molecule has 10 heteroatoms. The first-order valence-electron chi connectivity index (χ1n) is 9.50. The molecule has 0 bridgehead atoms. The first kappa shape index (κ1) is 23.2. The van der Waals surface area contributed by atoms with Crippen molar-refractivity contribution >= 4 is 51.3 Å². The Bertz CT molecular complexity index is 1360. The van der Waals surface area contributed by atoms with Gasteiger partial charge in [0.05, 0.1) is 12.7 Å². The van der Waals surface area contributed by atoms with Crippen molar-refractivity contribution in [1.82, 2.24) is 10.2 Å². The molecular weight excluding hydrogens is 532 g/mol. The number of aromatic nitrogens is 2. The Hall–Kier alpha value is -3.01. The molecule has 2 aromatic heterocycles. The molecule has 0 aliphatic heterocycles. The van der Waals surface area contributed by atoms with Crippen molar-refractivity contribution < 1.29 is 23.5 Å². The molecule has 0 saturated carbocycles. The van der Waals surface area contributed by atoms with Gasteiger partial charge < -0.3 is 18.7 Å². The molecule has 4 rings (SSSR count). The average Bonchev–Trinajstić information content (AvgIpc) is 3.43. The zero-order valence-corrected chi connectivity index (χ0v) is 20.5. The highest BCUT2D eigenvalue weighted by Gasteiger charge is 2.19. The molecule has 0 fully saturated rings. The highest BCUT2D eigenvalue weighted by atomic mass is 79.9. The number of nitrogens with zero attached hydrogens (tertiary/aromatic N) is 2. The maximum Gasteiger partial charge on any atom is 0.342 e. The fourth-order valence-corrected chi connectivity index (χ4v) is 4.47. The molecule has 0 amide bonds. The van der Waals surface area contributed by atoms with E-state index in [0.29, 0.717) is 27.9 Å². The maximum atomic E-state index is 11.8. The number of carboxylic acid groups (broad SMARTS) is 1. The summed E-state index contributed by atoms with van der Waals surface area (Å²) in [6.07, 6.45) is 1.41. The molecule has 1 N–H and O–H groups in total. The third kappa shape index (κ3) is 5.32. The Morgan fingerprint density at radius 3 is 2.67 bits per heavy atom. The molecule has 33 heavy (non-hydrogen) atoms. The minimum Gasteiger partial charge on any atom is -0.496 e. The maximum absolute atomic E-state index is 11.8. The summed E-state index contributed by atoms with van der Waals surface area (Å²) in [6.45, 7) is 1.99. The molecule has 2 aromatic carbocycles. The number of furan rings is 1. The zero-order valence-electron chi connectivity index (χ0n) is 17.3. The van der Waals surface area contributed by atoms with Crippen LogP contribution in [-0.4, -0.2) is 28.4 Å². The second-order valence-electron chi connectivity index (χ2n) is 6.82. The Morgan fingerprint density at radius 2 is 1.94 bits per heavy atom. The van der Waals surface area contributed by atoms with Gasteiger partial charge in [0, 0.05) is 21.1 Å². The SMILES string of the molecule is COc1ccc(Cl)cc1-c1nnc(S/C(=C\c2ccc(-c3ccc(C)cc3Br)o2)C(=O)O)o1. The van der Waals surface area contributed by atoms with E-state index in [1.54, 1.807) is 30.3 Å². The normalized spacial score (nSPS) is 11.6. The molecule has 168 valence electrons. The van der Waals surface area contributed by atoms with Gasteiger partial charge in [-0.25, -0.2) is 4.79 Å². The number of thioether (sulfide) groups is 1. The van der Waals surface area contributed by atoms with Gasteiger partial charge in [0.15, 0.2) is 0 Å². The summed E-state index contributed by atoms with van der Waals surface area (Å²) in [6, 6.07) is 14.3. The van der Waals surface area contributed by atoms with E-state index in [1.165, 1.54) is 13.2 Å². The second kappa shape index (κ2) is 9.86. The van der Waals surface area contributed by atoms with Crippen molar-refractivity contribution in [3.8, 4) is 28.5 Å². The summed E-state index contributed by atoms with van der Waals surface area (Å²) in [5.74, 6) is 0.481. The van der Waals surface area contributed by atoms with Gasteiger partial charge in [-0.15, -0.1) is 10.2 Å². The van der Waals surface area contributed by atoms with Crippen LogP contribution in [0.5, 0.6) is 5.75 Å². The van der Waals surface area contributed by atoms with Crippen molar-refractivity contribution in [3.63, 3.8) is 0 Å². The third-order valence-electron chi connectivity index (χ3n) is 4.50. The number of carboxylic acids is 1. The monoisotopic (exact) mass is 546 g/mol. The number of rotatable bonds is 7. The van der Waals surface area contributed by atoms with E-state index in [0.717, 1.165) is 27.4 Å². The molecule has 0 unspecified atom stereocenters. The van der Waals surface area contributed by atoms with Gasteiger partial charge in [0.1, 0.15) is 22.2 Å². The minimum absolute atomic E-state index is 0.0490. The Labute approximate surface area is 206 Å². The van der Waals surface area contributed by atoms with Crippen LogP contribution in [0.15, 0.2) is 72.0 Å². The van der Waals surface area contributed by atoms with Gasteiger partial charge in [-0.2, -0.15) is 0 Å². The largest absolute Gasteiger partial charge is 0.496 e. The molecule has 0 saturated heterocycles. The Kier molecular flexibility index (Phi) is 6.92. The number of aliphatic carboxylic acids is 1. The van der Waals surface area contributed by atoms with Crippen LogP contribution >= 0.6 is 39.3 Å².